The molecule has 0 bridgehead atoms. The van der Waals surface area contributed by atoms with E-state index in [4.69, 9.17) is 10.5 Å². The fraction of sp³-hybridized carbons (Fsp3) is 0.556. The first-order valence-electron chi connectivity index (χ1n) is 8.65. The van der Waals surface area contributed by atoms with Gasteiger partial charge in [0, 0.05) is 26.2 Å². The van der Waals surface area contributed by atoms with Crippen LogP contribution in [0.2, 0.25) is 0 Å². The van der Waals surface area contributed by atoms with Crippen LogP contribution < -0.4 is 16.4 Å². The Kier molecular flexibility index (Phi) is 12.2. The Morgan fingerprint density at radius 2 is 1.59 bits per heavy atom. The first-order valence-corrected chi connectivity index (χ1v) is 8.65. The van der Waals surface area contributed by atoms with Crippen molar-refractivity contribution in [2.45, 2.75) is 39.1 Å². The van der Waals surface area contributed by atoms with E-state index in [1.54, 1.807) is 0 Å². The van der Waals surface area contributed by atoms with Crippen molar-refractivity contribution < 1.29 is 14.3 Å². The molecule has 154 valence electrons. The number of hydrogen-bond acceptors (Lipinski definition) is 5. The Labute approximate surface area is 173 Å². The van der Waals surface area contributed by atoms with Gasteiger partial charge < -0.3 is 21.1 Å². The largest absolute Gasteiger partial charge is 0.373 e. The first kappa shape index (κ1) is 25.6. The maximum atomic E-state index is 11.6. The van der Waals surface area contributed by atoms with Crippen LogP contribution in [0.15, 0.2) is 24.3 Å². The summed E-state index contributed by atoms with van der Waals surface area (Å²) in [5.41, 5.74) is 7.43. The standard InChI is InChI=1S/C18H28N4O3.2ClH/c1-13-10-22(11-14(2)25-13)12-16-5-3-15(4-6-16)8-20-18(24)9-21-17(23)7-19;;/h3-6,13-14H,7-12,19H2,1-2H3,(H,20,24)(H,21,23);2*1H. The van der Waals surface area contributed by atoms with E-state index >= 15 is 0 Å². The van der Waals surface area contributed by atoms with Gasteiger partial charge in [0.15, 0.2) is 0 Å². The summed E-state index contributed by atoms with van der Waals surface area (Å²) in [6.45, 7) is 7.25. The number of hydrogen-bond donors (Lipinski definition) is 3. The molecule has 4 N–H and O–H groups in total. The van der Waals surface area contributed by atoms with Crippen molar-refractivity contribution in [2.75, 3.05) is 26.2 Å². The zero-order valence-electron chi connectivity index (χ0n) is 15.8. The van der Waals surface area contributed by atoms with E-state index in [0.29, 0.717) is 6.54 Å². The lowest BCUT2D eigenvalue weighted by Crippen LogP contribution is -2.44. The van der Waals surface area contributed by atoms with Gasteiger partial charge in [-0.05, 0) is 25.0 Å². The van der Waals surface area contributed by atoms with Crippen LogP contribution in [0, 0.1) is 0 Å². The van der Waals surface area contributed by atoms with Crippen molar-refractivity contribution in [1.82, 2.24) is 15.5 Å². The Morgan fingerprint density at radius 3 is 2.15 bits per heavy atom. The van der Waals surface area contributed by atoms with Crippen molar-refractivity contribution >= 4 is 36.6 Å². The number of nitrogens with zero attached hydrogens (tertiary/aromatic N) is 1. The number of nitrogens with two attached hydrogens (primary N) is 1. The first-order chi connectivity index (χ1) is 12.0. The molecule has 0 aliphatic carbocycles. The van der Waals surface area contributed by atoms with Crippen molar-refractivity contribution in [3.05, 3.63) is 35.4 Å². The normalized spacial score (nSPS) is 19.4. The second-order valence-corrected chi connectivity index (χ2v) is 6.53. The van der Waals surface area contributed by atoms with Gasteiger partial charge in [-0.3, -0.25) is 14.5 Å². The van der Waals surface area contributed by atoms with Crippen LogP contribution in [0.25, 0.3) is 0 Å². The van der Waals surface area contributed by atoms with Crippen LogP contribution in [-0.2, 0) is 27.4 Å². The molecule has 1 fully saturated rings. The monoisotopic (exact) mass is 420 g/mol. The molecular formula is C18H30Cl2N4O3. The number of morpholine rings is 1. The number of amides is 2. The number of benzene rings is 1. The van der Waals surface area contributed by atoms with Crippen molar-refractivity contribution in [3.63, 3.8) is 0 Å². The molecule has 27 heavy (non-hydrogen) atoms. The highest BCUT2D eigenvalue weighted by Crippen LogP contribution is 2.14. The summed E-state index contributed by atoms with van der Waals surface area (Å²) >= 11 is 0. The van der Waals surface area contributed by atoms with Gasteiger partial charge in [-0.2, -0.15) is 0 Å². The summed E-state index contributed by atoms with van der Waals surface area (Å²) in [6.07, 6.45) is 0.524. The second-order valence-electron chi connectivity index (χ2n) is 6.53. The number of ether oxygens (including phenoxy) is 1. The molecule has 2 atom stereocenters. The molecule has 1 heterocycles. The average Bonchev–Trinajstić information content (AvgIpc) is 2.58. The Morgan fingerprint density at radius 1 is 1.04 bits per heavy atom. The van der Waals surface area contributed by atoms with Gasteiger partial charge in [-0.15, -0.1) is 24.8 Å². The lowest BCUT2D eigenvalue weighted by molar-refractivity contribution is -0.125. The fourth-order valence-electron chi connectivity index (χ4n) is 2.95. The van der Waals surface area contributed by atoms with E-state index in [1.165, 1.54) is 5.56 Å². The molecule has 1 saturated heterocycles. The average molecular weight is 421 g/mol. The fourth-order valence-corrected chi connectivity index (χ4v) is 2.95. The van der Waals surface area contributed by atoms with Gasteiger partial charge in [0.05, 0.1) is 25.3 Å². The molecule has 0 radical (unpaired) electrons. The number of carbonyl (C=O) groups excluding carboxylic acids is 2. The molecule has 2 rings (SSSR count). The van der Waals surface area contributed by atoms with E-state index in [2.05, 4.69) is 41.5 Å². The predicted octanol–water partition coefficient (Wildman–Crippen LogP) is 0.831. The molecule has 9 heteroatoms. The van der Waals surface area contributed by atoms with Gasteiger partial charge in [0.2, 0.25) is 11.8 Å². The zero-order chi connectivity index (χ0) is 18.2. The van der Waals surface area contributed by atoms with Crippen LogP contribution in [-0.4, -0.2) is 55.1 Å². The molecule has 1 aliphatic heterocycles. The van der Waals surface area contributed by atoms with Gasteiger partial charge in [-0.1, -0.05) is 24.3 Å². The topological polar surface area (TPSA) is 96.7 Å². The zero-order valence-corrected chi connectivity index (χ0v) is 17.4. The second kappa shape index (κ2) is 12.9. The summed E-state index contributed by atoms with van der Waals surface area (Å²) < 4.78 is 5.75. The summed E-state index contributed by atoms with van der Waals surface area (Å²) in [5.74, 6) is -0.576. The molecule has 2 amide bonds. The SMILES string of the molecule is CC1CN(Cc2ccc(CNC(=O)CNC(=O)CN)cc2)CC(C)O1.Cl.Cl. The van der Waals surface area contributed by atoms with E-state index in [1.807, 2.05) is 12.1 Å². The third kappa shape index (κ3) is 9.39. The summed E-state index contributed by atoms with van der Waals surface area (Å²) in [6, 6.07) is 8.20. The van der Waals surface area contributed by atoms with Crippen LogP contribution in [0.1, 0.15) is 25.0 Å². The minimum Gasteiger partial charge on any atom is -0.373 e. The van der Waals surface area contributed by atoms with Crippen LogP contribution >= 0.6 is 24.8 Å². The maximum absolute atomic E-state index is 11.6. The summed E-state index contributed by atoms with van der Waals surface area (Å²) in [4.78, 5) is 25.0. The lowest BCUT2D eigenvalue weighted by Gasteiger charge is -2.35. The molecule has 1 aliphatic rings. The summed E-state index contributed by atoms with van der Waals surface area (Å²) in [5, 5.41) is 5.21. The molecule has 0 saturated carbocycles. The molecule has 0 spiro atoms. The van der Waals surface area contributed by atoms with Gasteiger partial charge in [0.1, 0.15) is 0 Å². The molecular weight excluding hydrogens is 391 g/mol. The maximum Gasteiger partial charge on any atom is 0.239 e. The predicted molar refractivity (Wildman–Crippen MR) is 110 cm³/mol. The van der Waals surface area contributed by atoms with Crippen LogP contribution in [0.3, 0.4) is 0 Å². The highest BCUT2D eigenvalue weighted by atomic mass is 35.5. The number of rotatable bonds is 7. The summed E-state index contributed by atoms with van der Waals surface area (Å²) in [7, 11) is 0. The number of nitrogens with one attached hydrogen (secondary N) is 2. The van der Waals surface area contributed by atoms with Crippen molar-refractivity contribution in [3.8, 4) is 0 Å². The minimum atomic E-state index is -0.341. The Hall–Kier alpha value is -1.38. The van der Waals surface area contributed by atoms with Crippen LogP contribution in [0.4, 0.5) is 0 Å². The third-order valence-electron chi connectivity index (χ3n) is 4.05. The van der Waals surface area contributed by atoms with Crippen molar-refractivity contribution in [2.24, 2.45) is 5.73 Å². The smallest absolute Gasteiger partial charge is 0.239 e. The van der Waals surface area contributed by atoms with E-state index in [0.717, 1.165) is 25.2 Å². The van der Waals surface area contributed by atoms with Crippen molar-refractivity contribution in [1.29, 1.82) is 0 Å². The molecule has 2 unspecified atom stereocenters. The van der Waals surface area contributed by atoms with Gasteiger partial charge >= 0.3 is 0 Å². The minimum absolute atomic E-state index is 0. The third-order valence-corrected chi connectivity index (χ3v) is 4.05. The van der Waals surface area contributed by atoms with E-state index < -0.39 is 0 Å². The lowest BCUT2D eigenvalue weighted by atomic mass is 10.1. The Bertz CT molecular complexity index is 576. The number of halogens is 2. The highest BCUT2D eigenvalue weighted by Gasteiger charge is 2.21. The highest BCUT2D eigenvalue weighted by molar-refractivity contribution is 5.86. The van der Waals surface area contributed by atoms with E-state index in [-0.39, 0.29) is 61.9 Å². The number of carbonyl (C=O) groups is 2. The molecule has 1 aromatic rings. The molecule has 0 aromatic heterocycles. The van der Waals surface area contributed by atoms with Gasteiger partial charge in [0.25, 0.3) is 0 Å². The molecule has 1 aromatic carbocycles. The Balaban J connectivity index is 0.00000338. The van der Waals surface area contributed by atoms with Crippen LogP contribution in [0.5, 0.6) is 0 Å². The quantitative estimate of drug-likeness (QED) is 0.606. The van der Waals surface area contributed by atoms with Gasteiger partial charge in [-0.25, -0.2) is 0 Å². The molecule has 7 nitrogen and oxygen atoms in total. The van der Waals surface area contributed by atoms with E-state index in [9.17, 15) is 9.59 Å².